The molecule has 2 atom stereocenters. The van der Waals surface area contributed by atoms with Crippen LogP contribution in [0.15, 0.2) is 60.7 Å². The molecule has 20 heavy (non-hydrogen) atoms. The maximum absolute atomic E-state index is 5.62. The third kappa shape index (κ3) is 7.72. The summed E-state index contributed by atoms with van der Waals surface area (Å²) in [6, 6.07) is 21.1. The first-order valence-corrected chi connectivity index (χ1v) is 7.17. The second-order valence-corrected chi connectivity index (χ2v) is 5.33. The summed E-state index contributed by atoms with van der Waals surface area (Å²) in [6.45, 7) is 4.04. The van der Waals surface area contributed by atoms with Gasteiger partial charge in [-0.2, -0.15) is 0 Å². The summed E-state index contributed by atoms with van der Waals surface area (Å²) in [5, 5.41) is 0. The molecule has 2 heteroatoms. The van der Waals surface area contributed by atoms with E-state index in [-0.39, 0.29) is 12.1 Å². The maximum atomic E-state index is 5.62. The van der Waals surface area contributed by atoms with Crippen LogP contribution in [0.3, 0.4) is 0 Å². The number of benzene rings is 2. The van der Waals surface area contributed by atoms with E-state index in [9.17, 15) is 0 Å². The van der Waals surface area contributed by atoms with Crippen LogP contribution in [0.1, 0.15) is 25.0 Å². The summed E-state index contributed by atoms with van der Waals surface area (Å²) < 4.78 is 0. The largest absolute Gasteiger partial charge is 0.328 e. The molecule has 0 saturated heterocycles. The Hall–Kier alpha value is -1.64. The van der Waals surface area contributed by atoms with Gasteiger partial charge in [0.25, 0.3) is 0 Å². The molecule has 0 fully saturated rings. The highest BCUT2D eigenvalue weighted by atomic mass is 14.6. The van der Waals surface area contributed by atoms with Gasteiger partial charge in [-0.25, -0.2) is 0 Å². The number of rotatable bonds is 4. The topological polar surface area (TPSA) is 52.0 Å². The van der Waals surface area contributed by atoms with E-state index >= 15 is 0 Å². The molecule has 108 valence electrons. The molecule has 2 aromatic carbocycles. The Labute approximate surface area is 122 Å². The van der Waals surface area contributed by atoms with Crippen molar-refractivity contribution in [2.75, 3.05) is 0 Å². The summed E-state index contributed by atoms with van der Waals surface area (Å²) >= 11 is 0. The van der Waals surface area contributed by atoms with Crippen molar-refractivity contribution >= 4 is 0 Å². The summed E-state index contributed by atoms with van der Waals surface area (Å²) in [7, 11) is 0. The van der Waals surface area contributed by atoms with Gasteiger partial charge in [-0.15, -0.1) is 0 Å². The lowest BCUT2D eigenvalue weighted by atomic mass is 10.1. The van der Waals surface area contributed by atoms with Gasteiger partial charge in [0.2, 0.25) is 0 Å². The molecule has 0 aliphatic carbocycles. The molecule has 0 amide bonds. The third-order valence-corrected chi connectivity index (χ3v) is 2.80. The smallest absolute Gasteiger partial charge is 0.00509 e. The normalized spacial score (nSPS) is 13.0. The zero-order valence-corrected chi connectivity index (χ0v) is 12.5. The zero-order chi connectivity index (χ0) is 14.8. The maximum Gasteiger partial charge on any atom is 0.00509 e. The number of hydrogen-bond acceptors (Lipinski definition) is 2. The molecule has 0 radical (unpaired) electrons. The minimum absolute atomic E-state index is 0.266. The van der Waals surface area contributed by atoms with E-state index in [1.54, 1.807) is 0 Å². The summed E-state index contributed by atoms with van der Waals surface area (Å²) in [4.78, 5) is 0. The Kier molecular flexibility index (Phi) is 7.63. The molecule has 0 saturated carbocycles. The molecule has 0 heterocycles. The summed E-state index contributed by atoms with van der Waals surface area (Å²) in [6.07, 6.45) is 1.95. The van der Waals surface area contributed by atoms with E-state index < -0.39 is 0 Å². The Balaban J connectivity index is 0.000000200. The number of nitrogens with two attached hydrogens (primary N) is 2. The van der Waals surface area contributed by atoms with Crippen LogP contribution in [-0.2, 0) is 12.8 Å². The highest BCUT2D eigenvalue weighted by Crippen LogP contribution is 2.01. The molecular weight excluding hydrogens is 244 g/mol. The quantitative estimate of drug-likeness (QED) is 0.896. The van der Waals surface area contributed by atoms with Crippen LogP contribution < -0.4 is 11.5 Å². The van der Waals surface area contributed by atoms with Gasteiger partial charge in [0, 0.05) is 12.1 Å². The van der Waals surface area contributed by atoms with Gasteiger partial charge >= 0.3 is 0 Å². The molecule has 0 aliphatic rings. The van der Waals surface area contributed by atoms with Crippen LogP contribution in [0.25, 0.3) is 0 Å². The van der Waals surface area contributed by atoms with E-state index in [1.807, 2.05) is 50.2 Å². The average Bonchev–Trinajstić information content (AvgIpc) is 2.40. The first kappa shape index (κ1) is 16.4. The van der Waals surface area contributed by atoms with E-state index in [4.69, 9.17) is 11.5 Å². The van der Waals surface area contributed by atoms with Crippen molar-refractivity contribution in [3.8, 4) is 0 Å². The van der Waals surface area contributed by atoms with E-state index in [0.717, 1.165) is 12.8 Å². The van der Waals surface area contributed by atoms with Crippen molar-refractivity contribution in [3.63, 3.8) is 0 Å². The van der Waals surface area contributed by atoms with Gasteiger partial charge in [0.15, 0.2) is 0 Å². The van der Waals surface area contributed by atoms with E-state index in [1.165, 1.54) is 11.1 Å². The van der Waals surface area contributed by atoms with Crippen molar-refractivity contribution in [2.45, 2.75) is 38.8 Å². The summed E-state index contributed by atoms with van der Waals surface area (Å²) in [5.41, 5.74) is 13.9. The Morgan fingerprint density at radius 3 is 1.20 bits per heavy atom. The highest BCUT2D eigenvalue weighted by Gasteiger charge is 1.95. The molecule has 0 spiro atoms. The Morgan fingerprint density at radius 2 is 0.950 bits per heavy atom. The minimum atomic E-state index is 0.266. The van der Waals surface area contributed by atoms with E-state index in [2.05, 4.69) is 24.3 Å². The Morgan fingerprint density at radius 1 is 0.650 bits per heavy atom. The van der Waals surface area contributed by atoms with Gasteiger partial charge in [-0.1, -0.05) is 60.7 Å². The average molecular weight is 270 g/mol. The highest BCUT2D eigenvalue weighted by molar-refractivity contribution is 5.16. The lowest BCUT2D eigenvalue weighted by Crippen LogP contribution is -2.17. The molecule has 4 N–H and O–H groups in total. The lowest BCUT2D eigenvalue weighted by molar-refractivity contribution is 0.738. The van der Waals surface area contributed by atoms with Crippen LogP contribution in [0.5, 0.6) is 0 Å². The van der Waals surface area contributed by atoms with Gasteiger partial charge in [0.1, 0.15) is 0 Å². The third-order valence-electron chi connectivity index (χ3n) is 2.80. The molecular formula is C18H26N2. The SMILES string of the molecule is CC(N)Cc1ccccc1.C[C@@H](N)Cc1ccccc1. The Bertz CT molecular complexity index is 404. The lowest BCUT2D eigenvalue weighted by Gasteiger charge is -2.02. The van der Waals surface area contributed by atoms with Gasteiger partial charge in [-0.3, -0.25) is 0 Å². The minimum Gasteiger partial charge on any atom is -0.328 e. The van der Waals surface area contributed by atoms with Gasteiger partial charge in [-0.05, 0) is 37.8 Å². The standard InChI is InChI=1S/2C9H13N/c2*1-8(10)7-9-5-3-2-4-6-9/h2*2-6,8H,7,10H2,1H3/t8-;/m1./s1. The molecule has 1 unspecified atom stereocenters. The molecule has 0 bridgehead atoms. The van der Waals surface area contributed by atoms with Crippen LogP contribution in [-0.4, -0.2) is 12.1 Å². The van der Waals surface area contributed by atoms with Crippen molar-refractivity contribution < 1.29 is 0 Å². The van der Waals surface area contributed by atoms with Crippen molar-refractivity contribution in [3.05, 3.63) is 71.8 Å². The summed E-state index contributed by atoms with van der Waals surface area (Å²) in [5.74, 6) is 0. The van der Waals surface area contributed by atoms with Crippen molar-refractivity contribution in [1.82, 2.24) is 0 Å². The van der Waals surface area contributed by atoms with E-state index in [0.29, 0.717) is 0 Å². The number of hydrogen-bond donors (Lipinski definition) is 2. The predicted molar refractivity (Wildman–Crippen MR) is 87.6 cm³/mol. The van der Waals surface area contributed by atoms with Gasteiger partial charge < -0.3 is 11.5 Å². The predicted octanol–water partition coefficient (Wildman–Crippen LogP) is 3.15. The second kappa shape index (κ2) is 9.29. The monoisotopic (exact) mass is 270 g/mol. The van der Waals surface area contributed by atoms with Crippen LogP contribution in [0.2, 0.25) is 0 Å². The van der Waals surface area contributed by atoms with Crippen LogP contribution in [0.4, 0.5) is 0 Å². The fourth-order valence-corrected chi connectivity index (χ4v) is 1.97. The first-order chi connectivity index (χ1) is 9.58. The van der Waals surface area contributed by atoms with Gasteiger partial charge in [0.05, 0.1) is 0 Å². The zero-order valence-electron chi connectivity index (χ0n) is 12.5. The second-order valence-electron chi connectivity index (χ2n) is 5.33. The fourth-order valence-electron chi connectivity index (χ4n) is 1.97. The van der Waals surface area contributed by atoms with Crippen LogP contribution in [0, 0.1) is 0 Å². The van der Waals surface area contributed by atoms with Crippen molar-refractivity contribution in [2.24, 2.45) is 11.5 Å². The molecule has 2 aromatic rings. The van der Waals surface area contributed by atoms with Crippen molar-refractivity contribution in [1.29, 1.82) is 0 Å². The first-order valence-electron chi connectivity index (χ1n) is 7.17. The van der Waals surface area contributed by atoms with Crippen LogP contribution >= 0.6 is 0 Å². The fraction of sp³-hybridized carbons (Fsp3) is 0.333. The molecule has 0 aliphatic heterocycles. The molecule has 0 aromatic heterocycles. The molecule has 2 rings (SSSR count). The molecule has 2 nitrogen and oxygen atoms in total.